The van der Waals surface area contributed by atoms with Crippen LogP contribution in [0.4, 0.5) is 4.79 Å². The lowest BCUT2D eigenvalue weighted by Crippen LogP contribution is -2.35. The van der Waals surface area contributed by atoms with Crippen molar-refractivity contribution in [1.29, 1.82) is 0 Å². The number of Topliss-reactive ketones (excluding diaryl/α,β-unsaturated/α-hetero) is 1. The van der Waals surface area contributed by atoms with Crippen LogP contribution in [0.15, 0.2) is 48.5 Å². The van der Waals surface area contributed by atoms with Gasteiger partial charge < -0.3 is 20.8 Å². The first-order valence-corrected chi connectivity index (χ1v) is 9.31. The van der Waals surface area contributed by atoms with E-state index in [1.807, 2.05) is 24.3 Å². The number of esters is 1. The SMILES string of the molecule is Cc1[nH]c2ccccc2c1C(=O)COC(=O)C[C@H](NC(N)=O)c1ccccc1Cl. The van der Waals surface area contributed by atoms with E-state index in [1.54, 1.807) is 31.2 Å². The molecule has 8 heteroatoms. The third-order valence-electron chi connectivity index (χ3n) is 4.50. The predicted molar refractivity (Wildman–Crippen MR) is 110 cm³/mol. The number of carbonyl (C=O) groups excluding carboxylic acids is 3. The van der Waals surface area contributed by atoms with Gasteiger partial charge in [0, 0.05) is 27.2 Å². The highest BCUT2D eigenvalue weighted by atomic mass is 35.5. The molecule has 1 aromatic heterocycles. The molecule has 0 spiro atoms. The van der Waals surface area contributed by atoms with Crippen LogP contribution in [-0.2, 0) is 9.53 Å². The van der Waals surface area contributed by atoms with Crippen molar-refractivity contribution in [1.82, 2.24) is 10.3 Å². The van der Waals surface area contributed by atoms with E-state index < -0.39 is 24.6 Å². The standard InChI is InChI=1S/C21H20ClN3O4/c1-12-20(14-7-3-5-9-16(14)24-12)18(26)11-29-19(27)10-17(25-21(23)28)13-6-2-4-8-15(13)22/h2-9,17,24H,10-11H2,1H3,(H3,23,25,28)/t17-/m0/s1. The summed E-state index contributed by atoms with van der Waals surface area (Å²) in [5.41, 5.74) is 7.77. The van der Waals surface area contributed by atoms with E-state index in [-0.39, 0.29) is 12.2 Å². The number of urea groups is 1. The molecular weight excluding hydrogens is 394 g/mol. The minimum atomic E-state index is -0.798. The molecule has 0 saturated heterocycles. The van der Waals surface area contributed by atoms with Gasteiger partial charge in [-0.3, -0.25) is 9.59 Å². The first kappa shape index (κ1) is 20.4. The summed E-state index contributed by atoms with van der Waals surface area (Å²) in [6.07, 6.45) is -0.215. The average molecular weight is 414 g/mol. The van der Waals surface area contributed by atoms with Crippen molar-refractivity contribution in [2.45, 2.75) is 19.4 Å². The Hall–Kier alpha value is -3.32. The van der Waals surface area contributed by atoms with Crippen molar-refractivity contribution >= 4 is 40.3 Å². The number of aryl methyl sites for hydroxylation is 1. The van der Waals surface area contributed by atoms with Gasteiger partial charge in [0.05, 0.1) is 12.5 Å². The molecule has 0 unspecified atom stereocenters. The fourth-order valence-electron chi connectivity index (χ4n) is 3.25. The Balaban J connectivity index is 1.69. The zero-order valence-corrected chi connectivity index (χ0v) is 16.5. The van der Waals surface area contributed by atoms with Crippen LogP contribution in [0.25, 0.3) is 10.9 Å². The number of ether oxygens (including phenoxy) is 1. The molecular formula is C21H20ClN3O4. The maximum absolute atomic E-state index is 12.6. The molecule has 29 heavy (non-hydrogen) atoms. The largest absolute Gasteiger partial charge is 0.457 e. The molecule has 1 atom stereocenters. The molecule has 0 fully saturated rings. The Labute approximate surface area is 172 Å². The summed E-state index contributed by atoms with van der Waals surface area (Å²) in [6, 6.07) is 12.6. The van der Waals surface area contributed by atoms with E-state index in [0.717, 1.165) is 10.9 Å². The predicted octanol–water partition coefficient (Wildman–Crippen LogP) is 3.66. The second kappa shape index (κ2) is 8.79. The topological polar surface area (TPSA) is 114 Å². The Bertz CT molecular complexity index is 1080. The molecule has 0 bridgehead atoms. The number of nitrogens with two attached hydrogens (primary N) is 1. The Morgan fingerprint density at radius 2 is 1.83 bits per heavy atom. The van der Waals surface area contributed by atoms with E-state index >= 15 is 0 Å². The molecule has 0 aliphatic carbocycles. The molecule has 0 saturated carbocycles. The second-order valence-corrected chi connectivity index (χ2v) is 6.95. The second-order valence-electron chi connectivity index (χ2n) is 6.54. The third-order valence-corrected chi connectivity index (χ3v) is 4.85. The molecule has 3 aromatic rings. The molecule has 2 amide bonds. The van der Waals surface area contributed by atoms with Crippen LogP contribution >= 0.6 is 11.6 Å². The van der Waals surface area contributed by atoms with Crippen molar-refractivity contribution in [3.8, 4) is 0 Å². The average Bonchev–Trinajstić information content (AvgIpc) is 3.01. The van der Waals surface area contributed by atoms with Gasteiger partial charge in [-0.15, -0.1) is 0 Å². The van der Waals surface area contributed by atoms with Gasteiger partial charge in [-0.1, -0.05) is 48.0 Å². The quantitative estimate of drug-likeness (QED) is 0.405. The maximum atomic E-state index is 12.6. The van der Waals surface area contributed by atoms with E-state index in [1.165, 1.54) is 0 Å². The number of hydrogen-bond donors (Lipinski definition) is 3. The fourth-order valence-corrected chi connectivity index (χ4v) is 3.52. The number of hydrogen-bond acceptors (Lipinski definition) is 4. The number of rotatable bonds is 7. The van der Waals surface area contributed by atoms with Gasteiger partial charge in [0.1, 0.15) is 0 Å². The number of benzene rings is 2. The highest BCUT2D eigenvalue weighted by Gasteiger charge is 2.22. The summed E-state index contributed by atoms with van der Waals surface area (Å²) >= 11 is 6.15. The van der Waals surface area contributed by atoms with Crippen molar-refractivity contribution in [2.75, 3.05) is 6.61 Å². The Kier molecular flexibility index (Phi) is 6.19. The fraction of sp³-hybridized carbons (Fsp3) is 0.190. The van der Waals surface area contributed by atoms with E-state index in [0.29, 0.717) is 21.8 Å². The molecule has 1 heterocycles. The molecule has 4 N–H and O–H groups in total. The normalized spacial score (nSPS) is 11.8. The smallest absolute Gasteiger partial charge is 0.312 e. The van der Waals surface area contributed by atoms with E-state index in [4.69, 9.17) is 22.1 Å². The van der Waals surface area contributed by atoms with Crippen LogP contribution in [0, 0.1) is 6.92 Å². The number of halogens is 1. The minimum absolute atomic E-state index is 0.215. The van der Waals surface area contributed by atoms with Crippen LogP contribution in [0.3, 0.4) is 0 Å². The van der Waals surface area contributed by atoms with E-state index in [9.17, 15) is 14.4 Å². The Morgan fingerprint density at radius 1 is 1.14 bits per heavy atom. The van der Waals surface area contributed by atoms with Crippen molar-refractivity contribution in [3.63, 3.8) is 0 Å². The first-order valence-electron chi connectivity index (χ1n) is 8.93. The van der Waals surface area contributed by atoms with Gasteiger partial charge in [0.2, 0.25) is 5.78 Å². The summed E-state index contributed by atoms with van der Waals surface area (Å²) in [7, 11) is 0. The van der Waals surface area contributed by atoms with Crippen LogP contribution < -0.4 is 11.1 Å². The van der Waals surface area contributed by atoms with Crippen molar-refractivity contribution < 1.29 is 19.1 Å². The summed E-state index contributed by atoms with van der Waals surface area (Å²) in [5.74, 6) is -0.972. The number of ketones is 1. The van der Waals surface area contributed by atoms with Crippen molar-refractivity contribution in [2.24, 2.45) is 5.73 Å². The van der Waals surface area contributed by atoms with Crippen molar-refractivity contribution in [3.05, 3.63) is 70.4 Å². The molecule has 0 aliphatic heterocycles. The molecule has 3 rings (SSSR count). The molecule has 7 nitrogen and oxygen atoms in total. The number of nitrogens with one attached hydrogen (secondary N) is 2. The van der Waals surface area contributed by atoms with Crippen LogP contribution in [0.5, 0.6) is 0 Å². The van der Waals surface area contributed by atoms with Gasteiger partial charge in [-0.25, -0.2) is 4.79 Å². The molecule has 2 aromatic carbocycles. The number of fused-ring (bicyclic) bond motifs is 1. The number of carbonyl (C=O) groups is 3. The van der Waals surface area contributed by atoms with Crippen LogP contribution in [0.1, 0.15) is 34.1 Å². The van der Waals surface area contributed by atoms with Gasteiger partial charge in [-0.05, 0) is 24.6 Å². The lowest BCUT2D eigenvalue weighted by Gasteiger charge is -2.18. The lowest BCUT2D eigenvalue weighted by molar-refractivity contribution is -0.143. The number of aromatic amines is 1. The molecule has 0 radical (unpaired) electrons. The zero-order chi connectivity index (χ0) is 21.0. The zero-order valence-electron chi connectivity index (χ0n) is 15.7. The van der Waals surface area contributed by atoms with Gasteiger partial charge in [0.15, 0.2) is 6.61 Å². The van der Waals surface area contributed by atoms with Gasteiger partial charge in [-0.2, -0.15) is 0 Å². The summed E-state index contributed by atoms with van der Waals surface area (Å²) in [6.45, 7) is 1.38. The number of primary amides is 1. The number of H-pyrrole nitrogens is 1. The monoisotopic (exact) mass is 413 g/mol. The molecule has 0 aliphatic rings. The maximum Gasteiger partial charge on any atom is 0.312 e. The highest BCUT2D eigenvalue weighted by molar-refractivity contribution is 6.31. The minimum Gasteiger partial charge on any atom is -0.457 e. The number of amides is 2. The Morgan fingerprint density at radius 3 is 2.55 bits per heavy atom. The first-order chi connectivity index (χ1) is 13.9. The van der Waals surface area contributed by atoms with Crippen LogP contribution in [0.2, 0.25) is 5.02 Å². The summed E-state index contributed by atoms with van der Waals surface area (Å²) < 4.78 is 5.17. The third kappa shape index (κ3) is 4.75. The van der Waals surface area contributed by atoms with Crippen LogP contribution in [-0.4, -0.2) is 29.4 Å². The summed E-state index contributed by atoms with van der Waals surface area (Å²) in [4.78, 5) is 39.4. The number of aromatic nitrogens is 1. The number of para-hydroxylation sites is 1. The van der Waals surface area contributed by atoms with Gasteiger partial charge in [0.25, 0.3) is 0 Å². The van der Waals surface area contributed by atoms with E-state index in [2.05, 4.69) is 10.3 Å². The summed E-state index contributed by atoms with van der Waals surface area (Å²) in [5, 5.41) is 3.63. The van der Waals surface area contributed by atoms with Gasteiger partial charge >= 0.3 is 12.0 Å². The highest BCUT2D eigenvalue weighted by Crippen LogP contribution is 2.26. The lowest BCUT2D eigenvalue weighted by atomic mass is 10.0. The molecule has 150 valence electrons.